The average Bonchev–Trinajstić information content (AvgIpc) is 3.26. The Morgan fingerprint density at radius 2 is 1.88 bits per heavy atom. The monoisotopic (exact) mass is 450 g/mol. The van der Waals surface area contributed by atoms with Crippen LogP contribution in [-0.2, 0) is 16.0 Å². The fraction of sp³-hybridized carbons (Fsp3) is 0.250. The smallest absolute Gasteiger partial charge is 0.254 e. The minimum atomic E-state index is -0.339. The van der Waals surface area contributed by atoms with Crippen LogP contribution in [0.5, 0.6) is 0 Å². The molecular weight excluding hydrogens is 424 g/mol. The van der Waals surface area contributed by atoms with Gasteiger partial charge in [0.25, 0.3) is 5.91 Å². The Morgan fingerprint density at radius 1 is 1.03 bits per heavy atom. The van der Waals surface area contributed by atoms with Crippen molar-refractivity contribution in [2.24, 2.45) is 0 Å². The van der Waals surface area contributed by atoms with Gasteiger partial charge >= 0.3 is 0 Å². The van der Waals surface area contributed by atoms with Crippen molar-refractivity contribution in [3.63, 3.8) is 0 Å². The fourth-order valence-corrected chi connectivity index (χ4v) is 3.88. The second-order valence-corrected chi connectivity index (χ2v) is 8.52. The molecule has 2 aromatic heterocycles. The van der Waals surface area contributed by atoms with E-state index in [2.05, 4.69) is 21.7 Å². The summed E-state index contributed by atoms with van der Waals surface area (Å²) in [5, 5.41) is 7.55. The van der Waals surface area contributed by atoms with Crippen molar-refractivity contribution >= 4 is 40.6 Å². The third-order valence-corrected chi connectivity index (χ3v) is 5.65. The number of pyridine rings is 1. The lowest BCUT2D eigenvalue weighted by molar-refractivity contribution is -0.117. The number of rotatable bonds is 9. The number of aryl methyl sites for hydroxylation is 2. The molecule has 7 nitrogen and oxygen atoms in total. The summed E-state index contributed by atoms with van der Waals surface area (Å²) < 4.78 is 0. The van der Waals surface area contributed by atoms with Gasteiger partial charge < -0.3 is 15.5 Å². The Labute approximate surface area is 191 Å². The van der Waals surface area contributed by atoms with Crippen LogP contribution in [0, 0.1) is 6.92 Å². The Morgan fingerprint density at radius 3 is 2.62 bits per heavy atom. The molecule has 1 aromatic carbocycles. The number of thiophene rings is 1. The number of carbonyl (C=O) groups excluding carboxylic acids is 3. The maximum absolute atomic E-state index is 12.7. The summed E-state index contributed by atoms with van der Waals surface area (Å²) in [6.07, 6.45) is 3.65. The molecule has 32 heavy (non-hydrogen) atoms. The zero-order valence-electron chi connectivity index (χ0n) is 18.1. The molecule has 0 aliphatic carbocycles. The maximum atomic E-state index is 12.7. The van der Waals surface area contributed by atoms with Crippen molar-refractivity contribution in [1.82, 2.24) is 9.88 Å². The molecule has 0 saturated carbocycles. The summed E-state index contributed by atoms with van der Waals surface area (Å²) in [6.45, 7) is 1.79. The first-order valence-electron chi connectivity index (χ1n) is 10.3. The molecule has 2 heterocycles. The van der Waals surface area contributed by atoms with Crippen molar-refractivity contribution in [2.75, 3.05) is 24.2 Å². The number of nitrogens with zero attached hydrogens (tertiary/aromatic N) is 2. The highest BCUT2D eigenvalue weighted by molar-refractivity contribution is 7.09. The van der Waals surface area contributed by atoms with Crippen molar-refractivity contribution < 1.29 is 14.4 Å². The lowest BCUT2D eigenvalue weighted by Gasteiger charge is -2.17. The van der Waals surface area contributed by atoms with Gasteiger partial charge in [-0.2, -0.15) is 0 Å². The first-order chi connectivity index (χ1) is 15.4. The van der Waals surface area contributed by atoms with Crippen LogP contribution in [0.25, 0.3) is 0 Å². The second kappa shape index (κ2) is 11.2. The van der Waals surface area contributed by atoms with Crippen LogP contribution in [0.2, 0.25) is 0 Å². The third kappa shape index (κ3) is 7.02. The third-order valence-electron chi connectivity index (χ3n) is 4.71. The Balaban J connectivity index is 1.50. The molecule has 0 spiro atoms. The zero-order chi connectivity index (χ0) is 22.9. The highest BCUT2D eigenvalue weighted by Gasteiger charge is 2.16. The Hall–Kier alpha value is -3.52. The van der Waals surface area contributed by atoms with Gasteiger partial charge in [0.15, 0.2) is 0 Å². The van der Waals surface area contributed by atoms with Crippen molar-refractivity contribution in [3.05, 3.63) is 76.1 Å². The Bertz CT molecular complexity index is 1080. The van der Waals surface area contributed by atoms with Crippen LogP contribution in [0.4, 0.5) is 11.5 Å². The normalized spacial score (nSPS) is 10.4. The first-order valence-corrected chi connectivity index (χ1v) is 11.2. The summed E-state index contributed by atoms with van der Waals surface area (Å²) in [5.41, 5.74) is 1.93. The molecule has 0 aliphatic rings. The van der Waals surface area contributed by atoms with Gasteiger partial charge in [-0.25, -0.2) is 4.98 Å². The molecule has 0 saturated heterocycles. The number of benzene rings is 1. The van der Waals surface area contributed by atoms with Gasteiger partial charge in [0, 0.05) is 35.8 Å². The molecule has 0 bridgehead atoms. The van der Waals surface area contributed by atoms with Crippen molar-refractivity contribution in [3.8, 4) is 0 Å². The molecule has 0 atom stereocenters. The minimum absolute atomic E-state index is 0.0930. The van der Waals surface area contributed by atoms with Crippen molar-refractivity contribution in [1.29, 1.82) is 0 Å². The predicted molar refractivity (Wildman–Crippen MR) is 127 cm³/mol. The lowest BCUT2D eigenvalue weighted by atomic mass is 10.1. The summed E-state index contributed by atoms with van der Waals surface area (Å²) in [6, 6.07) is 14.4. The van der Waals surface area contributed by atoms with E-state index >= 15 is 0 Å². The predicted octanol–water partition coefficient (Wildman–Crippen LogP) is 4.12. The molecule has 0 aliphatic heterocycles. The van der Waals surface area contributed by atoms with Gasteiger partial charge in [-0.15, -0.1) is 11.3 Å². The van der Waals surface area contributed by atoms with Crippen molar-refractivity contribution in [2.45, 2.75) is 26.2 Å². The number of aromatic nitrogens is 1. The van der Waals surface area contributed by atoms with E-state index in [0.29, 0.717) is 23.5 Å². The quantitative estimate of drug-likeness (QED) is 0.513. The number of anilines is 2. The van der Waals surface area contributed by atoms with Crippen LogP contribution in [0.1, 0.15) is 33.6 Å². The van der Waals surface area contributed by atoms with Crippen LogP contribution < -0.4 is 10.6 Å². The van der Waals surface area contributed by atoms with Gasteiger partial charge in [-0.3, -0.25) is 14.4 Å². The van der Waals surface area contributed by atoms with Crippen LogP contribution in [0.3, 0.4) is 0 Å². The van der Waals surface area contributed by atoms with Gasteiger partial charge in [-0.1, -0.05) is 12.1 Å². The lowest BCUT2D eigenvalue weighted by Crippen LogP contribution is -2.35. The largest absolute Gasteiger partial charge is 0.332 e. The first kappa shape index (κ1) is 23.1. The van der Waals surface area contributed by atoms with Gasteiger partial charge in [-0.05, 0) is 67.1 Å². The second-order valence-electron chi connectivity index (χ2n) is 7.49. The number of nitrogens with one attached hydrogen (secondary N) is 2. The molecule has 8 heteroatoms. The van der Waals surface area contributed by atoms with E-state index < -0.39 is 0 Å². The summed E-state index contributed by atoms with van der Waals surface area (Å²) in [5.74, 6) is -0.301. The summed E-state index contributed by atoms with van der Waals surface area (Å²) in [4.78, 5) is 43.9. The molecular formula is C24H26N4O3S. The molecule has 0 fully saturated rings. The van der Waals surface area contributed by atoms with Gasteiger partial charge in [0.1, 0.15) is 5.82 Å². The number of hydrogen-bond acceptors (Lipinski definition) is 5. The number of likely N-dealkylation sites (N-methyl/N-ethyl adjacent to an activating group) is 1. The van der Waals surface area contributed by atoms with E-state index in [1.165, 1.54) is 9.78 Å². The number of hydrogen-bond donors (Lipinski definition) is 2. The highest BCUT2D eigenvalue weighted by atomic mass is 32.1. The molecule has 0 radical (unpaired) electrons. The molecule has 0 unspecified atom stereocenters. The fourth-order valence-electron chi connectivity index (χ4n) is 3.13. The summed E-state index contributed by atoms with van der Waals surface area (Å²) in [7, 11) is 1.56. The molecule has 166 valence electrons. The minimum Gasteiger partial charge on any atom is -0.332 e. The van der Waals surface area contributed by atoms with E-state index in [0.717, 1.165) is 18.4 Å². The van der Waals surface area contributed by atoms with Crippen LogP contribution in [-0.4, -0.2) is 41.2 Å². The van der Waals surface area contributed by atoms with E-state index in [-0.39, 0.29) is 24.3 Å². The maximum Gasteiger partial charge on any atom is 0.254 e. The Kier molecular flexibility index (Phi) is 8.10. The number of carbonyl (C=O) groups is 3. The summed E-state index contributed by atoms with van der Waals surface area (Å²) >= 11 is 1.69. The van der Waals surface area contributed by atoms with Gasteiger partial charge in [0.2, 0.25) is 11.8 Å². The standard InChI is InChI=1S/C24H26N4O3S/c1-17-11-12-25-21(14-17)27-23(30)16-28(2)24(31)18-6-3-7-19(15-18)26-22(29)10-4-8-20-9-5-13-32-20/h3,5-7,9,11-15H,4,8,10,16H2,1-2H3,(H,26,29)(H,25,27,30). The van der Waals surface area contributed by atoms with E-state index in [1.807, 2.05) is 24.4 Å². The SMILES string of the molecule is Cc1ccnc(NC(=O)CN(C)C(=O)c2cccc(NC(=O)CCCc3cccs3)c2)c1. The van der Waals surface area contributed by atoms with E-state index in [1.54, 1.807) is 54.9 Å². The average molecular weight is 451 g/mol. The van der Waals surface area contributed by atoms with Crippen LogP contribution in [0.15, 0.2) is 60.1 Å². The molecule has 3 rings (SSSR count). The molecule has 2 N–H and O–H groups in total. The van der Waals surface area contributed by atoms with E-state index in [4.69, 9.17) is 0 Å². The topological polar surface area (TPSA) is 91.4 Å². The molecule has 3 aromatic rings. The van der Waals surface area contributed by atoms with Crippen LogP contribution >= 0.6 is 11.3 Å². The number of amides is 3. The zero-order valence-corrected chi connectivity index (χ0v) is 18.9. The van der Waals surface area contributed by atoms with E-state index in [9.17, 15) is 14.4 Å². The highest BCUT2D eigenvalue weighted by Crippen LogP contribution is 2.15. The molecule has 3 amide bonds. The van der Waals surface area contributed by atoms with Gasteiger partial charge in [0.05, 0.1) is 6.54 Å².